The molecule has 1 rings (SSSR count). The third-order valence-corrected chi connectivity index (χ3v) is 3.76. The largest absolute Gasteiger partial charge is 0.354 e. The molecule has 0 bridgehead atoms. The summed E-state index contributed by atoms with van der Waals surface area (Å²) < 4.78 is 0. The average Bonchev–Trinajstić information content (AvgIpc) is 2.40. The van der Waals surface area contributed by atoms with E-state index in [1.165, 1.54) is 5.56 Å². The highest BCUT2D eigenvalue weighted by Crippen LogP contribution is 2.21. The summed E-state index contributed by atoms with van der Waals surface area (Å²) in [6.07, 6.45) is 0. The fourth-order valence-corrected chi connectivity index (χ4v) is 2.41. The molecular formula is C16H26N3O2+. The monoisotopic (exact) mass is 292 g/mol. The lowest BCUT2D eigenvalue weighted by molar-refractivity contribution is -0.885. The van der Waals surface area contributed by atoms with Gasteiger partial charge in [0.2, 0.25) is 0 Å². The molecule has 0 aliphatic carbocycles. The topological polar surface area (TPSA) is 62.6 Å². The lowest BCUT2D eigenvalue weighted by Gasteiger charge is -2.20. The molecule has 0 saturated heterocycles. The number of anilines is 1. The number of quaternary nitrogens is 1. The van der Waals surface area contributed by atoms with Gasteiger partial charge in [0.05, 0.1) is 7.05 Å². The van der Waals surface area contributed by atoms with Crippen LogP contribution < -0.4 is 15.5 Å². The molecule has 5 nitrogen and oxygen atoms in total. The summed E-state index contributed by atoms with van der Waals surface area (Å²) in [6, 6.07) is 3.83. The number of carbonyl (C=O) groups is 2. The molecule has 0 spiro atoms. The molecule has 2 amide bonds. The first-order valence-electron chi connectivity index (χ1n) is 7.17. The zero-order valence-corrected chi connectivity index (χ0v) is 13.8. The molecule has 1 aromatic rings. The van der Waals surface area contributed by atoms with Crippen molar-refractivity contribution in [2.24, 2.45) is 0 Å². The molecule has 3 N–H and O–H groups in total. The highest BCUT2D eigenvalue weighted by Gasteiger charge is 2.23. The number of hydrogen-bond donors (Lipinski definition) is 3. The zero-order valence-electron chi connectivity index (χ0n) is 13.8. The number of nitrogens with one attached hydrogen (secondary N) is 3. The molecule has 1 unspecified atom stereocenters. The van der Waals surface area contributed by atoms with Crippen LogP contribution >= 0.6 is 0 Å². The third kappa shape index (κ3) is 4.56. The number of hydrogen-bond acceptors (Lipinski definition) is 2. The lowest BCUT2D eigenvalue weighted by Crippen LogP contribution is -3.15. The Morgan fingerprint density at radius 2 is 1.71 bits per heavy atom. The minimum Gasteiger partial charge on any atom is -0.354 e. The van der Waals surface area contributed by atoms with Crippen molar-refractivity contribution in [3.05, 3.63) is 28.8 Å². The Bertz CT molecular complexity index is 517. The lowest BCUT2D eigenvalue weighted by atomic mass is 10.1. The van der Waals surface area contributed by atoms with Gasteiger partial charge in [0.25, 0.3) is 11.8 Å². The Morgan fingerprint density at radius 3 is 2.19 bits per heavy atom. The van der Waals surface area contributed by atoms with Crippen LogP contribution in [-0.4, -0.2) is 38.5 Å². The van der Waals surface area contributed by atoms with Crippen molar-refractivity contribution < 1.29 is 14.5 Å². The Morgan fingerprint density at radius 1 is 1.19 bits per heavy atom. The van der Waals surface area contributed by atoms with Crippen LogP contribution in [-0.2, 0) is 9.59 Å². The summed E-state index contributed by atoms with van der Waals surface area (Å²) in [5.74, 6) is -0.152. The van der Waals surface area contributed by atoms with Crippen LogP contribution in [0.25, 0.3) is 0 Å². The predicted molar refractivity (Wildman–Crippen MR) is 84.6 cm³/mol. The summed E-state index contributed by atoms with van der Waals surface area (Å²) in [6.45, 7) is 8.07. The molecule has 0 radical (unpaired) electrons. The molecule has 116 valence electrons. The SMILES string of the molecule is CNC(=O)[C@H](C)[NH+](C)CC(=O)Nc1c(C)cc(C)cc1C. The van der Waals surface area contributed by atoms with Crippen molar-refractivity contribution in [2.45, 2.75) is 33.7 Å². The fraction of sp³-hybridized carbons (Fsp3) is 0.500. The van der Waals surface area contributed by atoms with E-state index in [-0.39, 0.29) is 24.4 Å². The summed E-state index contributed by atoms with van der Waals surface area (Å²) in [5, 5.41) is 5.56. The van der Waals surface area contributed by atoms with E-state index in [4.69, 9.17) is 0 Å². The smallest absolute Gasteiger partial charge is 0.279 e. The van der Waals surface area contributed by atoms with Gasteiger partial charge in [0.1, 0.15) is 0 Å². The molecule has 5 heteroatoms. The highest BCUT2D eigenvalue weighted by atomic mass is 16.2. The minimum absolute atomic E-state index is 0.0667. The van der Waals surface area contributed by atoms with Crippen LogP contribution in [0.1, 0.15) is 23.6 Å². The zero-order chi connectivity index (χ0) is 16.2. The molecule has 21 heavy (non-hydrogen) atoms. The van der Waals surface area contributed by atoms with Gasteiger partial charge in [0.15, 0.2) is 12.6 Å². The molecule has 0 aliphatic heterocycles. The van der Waals surface area contributed by atoms with Gasteiger partial charge >= 0.3 is 0 Å². The number of amides is 2. The molecule has 0 fully saturated rings. The maximum absolute atomic E-state index is 12.2. The molecular weight excluding hydrogens is 266 g/mol. The maximum Gasteiger partial charge on any atom is 0.279 e. The molecule has 2 atom stereocenters. The second-order valence-corrected chi connectivity index (χ2v) is 5.68. The van der Waals surface area contributed by atoms with Crippen LogP contribution in [0.15, 0.2) is 12.1 Å². The van der Waals surface area contributed by atoms with E-state index >= 15 is 0 Å². The first-order chi connectivity index (χ1) is 9.76. The van der Waals surface area contributed by atoms with Crippen LogP contribution in [0.2, 0.25) is 0 Å². The number of likely N-dealkylation sites (N-methyl/N-ethyl adjacent to an activating group) is 2. The normalized spacial score (nSPS) is 13.4. The molecule has 0 aromatic heterocycles. The summed E-state index contributed by atoms with van der Waals surface area (Å²) >= 11 is 0. The van der Waals surface area contributed by atoms with Crippen LogP contribution in [0, 0.1) is 20.8 Å². The minimum atomic E-state index is -0.263. The van der Waals surface area contributed by atoms with Gasteiger partial charge in [-0.15, -0.1) is 0 Å². The van der Waals surface area contributed by atoms with Gasteiger partial charge in [-0.05, 0) is 38.8 Å². The Kier molecular flexibility index (Phi) is 5.90. The van der Waals surface area contributed by atoms with E-state index < -0.39 is 0 Å². The maximum atomic E-state index is 12.2. The van der Waals surface area contributed by atoms with E-state index in [1.807, 2.05) is 46.9 Å². The average molecular weight is 292 g/mol. The quantitative estimate of drug-likeness (QED) is 0.726. The van der Waals surface area contributed by atoms with Gasteiger partial charge in [-0.3, -0.25) is 9.59 Å². The molecule has 0 heterocycles. The van der Waals surface area contributed by atoms with E-state index in [1.54, 1.807) is 7.05 Å². The van der Waals surface area contributed by atoms with Crippen LogP contribution in [0.4, 0.5) is 5.69 Å². The van der Waals surface area contributed by atoms with Crippen molar-refractivity contribution in [3.63, 3.8) is 0 Å². The van der Waals surface area contributed by atoms with Gasteiger partial charge in [0, 0.05) is 12.7 Å². The Labute approximate surface area is 126 Å². The van der Waals surface area contributed by atoms with Crippen LogP contribution in [0.3, 0.4) is 0 Å². The van der Waals surface area contributed by atoms with Gasteiger partial charge in [-0.25, -0.2) is 0 Å². The molecule has 0 aliphatic rings. The second-order valence-electron chi connectivity index (χ2n) is 5.68. The van der Waals surface area contributed by atoms with Crippen molar-refractivity contribution in [1.82, 2.24) is 5.32 Å². The van der Waals surface area contributed by atoms with Gasteiger partial charge < -0.3 is 15.5 Å². The number of aryl methyl sites for hydroxylation is 3. The first-order valence-corrected chi connectivity index (χ1v) is 7.17. The highest BCUT2D eigenvalue weighted by molar-refractivity contribution is 5.93. The van der Waals surface area contributed by atoms with Crippen molar-refractivity contribution in [2.75, 3.05) is 26.0 Å². The Balaban J connectivity index is 2.73. The van der Waals surface area contributed by atoms with Crippen molar-refractivity contribution in [1.29, 1.82) is 0 Å². The number of rotatable bonds is 5. The van der Waals surface area contributed by atoms with E-state index in [9.17, 15) is 9.59 Å². The third-order valence-electron chi connectivity index (χ3n) is 3.76. The van der Waals surface area contributed by atoms with E-state index in [0.29, 0.717) is 0 Å². The number of benzene rings is 1. The summed E-state index contributed by atoms with van der Waals surface area (Å²) in [4.78, 5) is 24.6. The standard InChI is InChI=1S/C16H25N3O2/c1-10-7-11(2)15(12(3)8-10)18-14(20)9-19(6)13(4)16(21)17-5/h7-8,13H,9H2,1-6H3,(H,17,21)(H,18,20)/p+1/t13-/m0/s1. The van der Waals surface area contributed by atoms with E-state index in [0.717, 1.165) is 21.7 Å². The summed E-state index contributed by atoms with van der Waals surface area (Å²) in [7, 11) is 3.44. The molecule has 0 saturated carbocycles. The van der Waals surface area contributed by atoms with Crippen molar-refractivity contribution >= 4 is 17.5 Å². The predicted octanol–water partition coefficient (Wildman–Crippen LogP) is 0.200. The number of carbonyl (C=O) groups excluding carboxylic acids is 2. The van der Waals surface area contributed by atoms with Crippen molar-refractivity contribution in [3.8, 4) is 0 Å². The van der Waals surface area contributed by atoms with Gasteiger partial charge in [-0.1, -0.05) is 17.7 Å². The fourth-order valence-electron chi connectivity index (χ4n) is 2.41. The first kappa shape index (κ1) is 17.2. The molecule has 1 aromatic carbocycles. The second kappa shape index (κ2) is 7.22. The van der Waals surface area contributed by atoms with E-state index in [2.05, 4.69) is 10.6 Å². The van der Waals surface area contributed by atoms with Crippen LogP contribution in [0.5, 0.6) is 0 Å². The Hall–Kier alpha value is -1.88. The summed E-state index contributed by atoms with van der Waals surface area (Å²) in [5.41, 5.74) is 4.15. The van der Waals surface area contributed by atoms with Gasteiger partial charge in [-0.2, -0.15) is 0 Å².